The second-order valence-corrected chi connectivity index (χ2v) is 7.43. The Morgan fingerprint density at radius 3 is 2.67 bits per heavy atom. The van der Waals surface area contributed by atoms with Gasteiger partial charge in [-0.2, -0.15) is 5.10 Å². The zero-order chi connectivity index (χ0) is 19.6. The Labute approximate surface area is 163 Å². The summed E-state index contributed by atoms with van der Waals surface area (Å²) in [6.07, 6.45) is 1.93. The molecule has 7 heteroatoms. The maximum absolute atomic E-state index is 12.9. The van der Waals surface area contributed by atoms with E-state index in [2.05, 4.69) is 22.1 Å². The van der Waals surface area contributed by atoms with Gasteiger partial charge in [-0.15, -0.1) is 0 Å². The van der Waals surface area contributed by atoms with Gasteiger partial charge >= 0.3 is 0 Å². The summed E-state index contributed by atoms with van der Waals surface area (Å²) in [4.78, 5) is 26.5. The van der Waals surface area contributed by atoms with E-state index in [0.717, 1.165) is 16.8 Å². The van der Waals surface area contributed by atoms with Crippen molar-refractivity contribution in [1.29, 1.82) is 0 Å². The Balaban J connectivity index is 1.82. The third-order valence-corrected chi connectivity index (χ3v) is 5.07. The standard InChI is InChI=1S/C20H23ClN4O2/c1-4-17(26)25-10-9-16-15(11-25)19(24-23-16)20(27)22-18(12(2)3)13-5-7-14(21)8-6-13/h4-8,12,18H,1,9-11H2,2-3H3,(H,22,27)(H,23,24). The smallest absolute Gasteiger partial charge is 0.272 e. The van der Waals surface area contributed by atoms with Crippen LogP contribution in [0.15, 0.2) is 36.9 Å². The van der Waals surface area contributed by atoms with Crippen LogP contribution in [0.2, 0.25) is 5.02 Å². The fourth-order valence-electron chi connectivity index (χ4n) is 3.31. The van der Waals surface area contributed by atoms with Crippen LogP contribution < -0.4 is 5.32 Å². The summed E-state index contributed by atoms with van der Waals surface area (Å²) in [5.74, 6) is -0.216. The van der Waals surface area contributed by atoms with Gasteiger partial charge in [-0.05, 0) is 29.7 Å². The van der Waals surface area contributed by atoms with Gasteiger partial charge in [0.25, 0.3) is 5.91 Å². The highest BCUT2D eigenvalue weighted by molar-refractivity contribution is 6.30. The van der Waals surface area contributed by atoms with Crippen molar-refractivity contribution in [2.24, 2.45) is 5.92 Å². The van der Waals surface area contributed by atoms with E-state index in [1.807, 2.05) is 38.1 Å². The van der Waals surface area contributed by atoms with E-state index in [9.17, 15) is 9.59 Å². The minimum atomic E-state index is -0.256. The van der Waals surface area contributed by atoms with E-state index in [0.29, 0.717) is 30.2 Å². The quantitative estimate of drug-likeness (QED) is 0.774. The second-order valence-electron chi connectivity index (χ2n) is 6.99. The zero-order valence-corrected chi connectivity index (χ0v) is 16.2. The van der Waals surface area contributed by atoms with Crippen LogP contribution in [-0.2, 0) is 17.8 Å². The molecule has 0 fully saturated rings. The van der Waals surface area contributed by atoms with E-state index >= 15 is 0 Å². The Hall–Kier alpha value is -2.60. The number of nitrogens with one attached hydrogen (secondary N) is 2. The molecule has 0 spiro atoms. The number of hydrogen-bond acceptors (Lipinski definition) is 3. The van der Waals surface area contributed by atoms with E-state index in [4.69, 9.17) is 11.6 Å². The number of carbonyl (C=O) groups is 2. The first-order valence-electron chi connectivity index (χ1n) is 8.94. The molecule has 1 aliphatic rings. The molecule has 27 heavy (non-hydrogen) atoms. The van der Waals surface area contributed by atoms with Crippen molar-refractivity contribution in [2.45, 2.75) is 32.9 Å². The molecule has 1 aliphatic heterocycles. The summed E-state index contributed by atoms with van der Waals surface area (Å²) in [6.45, 7) is 8.56. The van der Waals surface area contributed by atoms with Crippen molar-refractivity contribution in [2.75, 3.05) is 6.54 Å². The highest BCUT2D eigenvalue weighted by Crippen LogP contribution is 2.25. The lowest BCUT2D eigenvalue weighted by Gasteiger charge is -2.26. The lowest BCUT2D eigenvalue weighted by atomic mass is 9.95. The lowest BCUT2D eigenvalue weighted by molar-refractivity contribution is -0.126. The highest BCUT2D eigenvalue weighted by Gasteiger charge is 2.28. The fraction of sp³-hybridized carbons (Fsp3) is 0.350. The normalized spacial score (nSPS) is 14.6. The molecule has 1 unspecified atom stereocenters. The minimum absolute atomic E-state index is 0.144. The van der Waals surface area contributed by atoms with Crippen LogP contribution in [0.25, 0.3) is 0 Å². The predicted molar refractivity (Wildman–Crippen MR) is 104 cm³/mol. The summed E-state index contributed by atoms with van der Waals surface area (Å²) < 4.78 is 0. The third-order valence-electron chi connectivity index (χ3n) is 4.82. The topological polar surface area (TPSA) is 78.1 Å². The predicted octanol–water partition coefficient (Wildman–Crippen LogP) is 3.26. The second kappa shape index (κ2) is 7.96. The molecule has 0 bridgehead atoms. The molecule has 2 heterocycles. The Morgan fingerprint density at radius 2 is 2.04 bits per heavy atom. The molecule has 6 nitrogen and oxygen atoms in total. The highest BCUT2D eigenvalue weighted by atomic mass is 35.5. The fourth-order valence-corrected chi connectivity index (χ4v) is 3.44. The number of hydrogen-bond donors (Lipinski definition) is 2. The van der Waals surface area contributed by atoms with Crippen molar-refractivity contribution in [1.82, 2.24) is 20.4 Å². The van der Waals surface area contributed by atoms with Gasteiger partial charge in [0.15, 0.2) is 5.69 Å². The molecule has 2 aromatic rings. The molecule has 0 saturated heterocycles. The van der Waals surface area contributed by atoms with Gasteiger partial charge in [-0.25, -0.2) is 0 Å². The molecule has 1 aromatic carbocycles. The van der Waals surface area contributed by atoms with Gasteiger partial charge in [-0.1, -0.05) is 44.2 Å². The Bertz CT molecular complexity index is 857. The third kappa shape index (κ3) is 4.06. The number of rotatable bonds is 5. The summed E-state index contributed by atoms with van der Waals surface area (Å²) in [7, 11) is 0. The maximum Gasteiger partial charge on any atom is 0.272 e. The van der Waals surface area contributed by atoms with Crippen LogP contribution in [-0.4, -0.2) is 33.5 Å². The van der Waals surface area contributed by atoms with Gasteiger partial charge in [-0.3, -0.25) is 14.7 Å². The van der Waals surface area contributed by atoms with Gasteiger partial charge < -0.3 is 10.2 Å². The average molecular weight is 387 g/mol. The molecular weight excluding hydrogens is 364 g/mol. The SMILES string of the molecule is C=CC(=O)N1CCc2[nH]nc(C(=O)NC(c3ccc(Cl)cc3)C(C)C)c2C1. The molecule has 1 aromatic heterocycles. The number of nitrogens with zero attached hydrogens (tertiary/aromatic N) is 2. The molecule has 2 amide bonds. The van der Waals surface area contributed by atoms with Crippen LogP contribution in [0.4, 0.5) is 0 Å². The first-order valence-corrected chi connectivity index (χ1v) is 9.32. The zero-order valence-electron chi connectivity index (χ0n) is 15.5. The number of aromatic nitrogens is 2. The van der Waals surface area contributed by atoms with E-state index in [1.54, 1.807) is 4.90 Å². The number of amides is 2. The summed E-state index contributed by atoms with van der Waals surface area (Å²) in [5.41, 5.74) is 3.00. The van der Waals surface area contributed by atoms with Crippen LogP contribution >= 0.6 is 11.6 Å². The molecule has 142 valence electrons. The van der Waals surface area contributed by atoms with Crippen molar-refractivity contribution in [3.63, 3.8) is 0 Å². The van der Waals surface area contributed by atoms with Crippen molar-refractivity contribution >= 4 is 23.4 Å². The number of H-pyrrole nitrogens is 1. The number of benzene rings is 1. The van der Waals surface area contributed by atoms with Gasteiger partial charge in [0.1, 0.15) is 0 Å². The lowest BCUT2D eigenvalue weighted by Crippen LogP contribution is -2.36. The first-order chi connectivity index (χ1) is 12.9. The molecule has 3 rings (SSSR count). The van der Waals surface area contributed by atoms with Crippen LogP contribution in [0.5, 0.6) is 0 Å². The largest absolute Gasteiger partial charge is 0.344 e. The van der Waals surface area contributed by atoms with Crippen LogP contribution in [0, 0.1) is 5.92 Å². The van der Waals surface area contributed by atoms with E-state index in [-0.39, 0.29) is 23.8 Å². The molecule has 1 atom stereocenters. The van der Waals surface area contributed by atoms with Crippen molar-refractivity contribution in [3.8, 4) is 0 Å². The minimum Gasteiger partial charge on any atom is -0.344 e. The number of fused-ring (bicyclic) bond motifs is 1. The molecular formula is C20H23ClN4O2. The molecule has 0 saturated carbocycles. The monoisotopic (exact) mass is 386 g/mol. The Kier molecular flexibility index (Phi) is 5.65. The maximum atomic E-state index is 12.9. The van der Waals surface area contributed by atoms with Crippen LogP contribution in [0.3, 0.4) is 0 Å². The van der Waals surface area contributed by atoms with E-state index in [1.165, 1.54) is 6.08 Å². The first kappa shape index (κ1) is 19.2. The van der Waals surface area contributed by atoms with Gasteiger partial charge in [0.05, 0.1) is 12.6 Å². The van der Waals surface area contributed by atoms with Crippen LogP contribution in [0.1, 0.15) is 47.2 Å². The van der Waals surface area contributed by atoms with E-state index < -0.39 is 0 Å². The summed E-state index contributed by atoms with van der Waals surface area (Å²) in [6, 6.07) is 7.29. The summed E-state index contributed by atoms with van der Waals surface area (Å²) in [5, 5.41) is 10.9. The molecule has 0 aliphatic carbocycles. The number of halogens is 1. The molecule has 0 radical (unpaired) electrons. The van der Waals surface area contributed by atoms with Gasteiger partial charge in [0, 0.05) is 29.2 Å². The molecule has 2 N–H and O–H groups in total. The average Bonchev–Trinajstić information content (AvgIpc) is 3.09. The Morgan fingerprint density at radius 1 is 1.33 bits per heavy atom. The number of aromatic amines is 1. The van der Waals surface area contributed by atoms with Gasteiger partial charge in [0.2, 0.25) is 5.91 Å². The summed E-state index contributed by atoms with van der Waals surface area (Å²) >= 11 is 5.97. The van der Waals surface area contributed by atoms with Crippen molar-refractivity contribution in [3.05, 3.63) is 64.5 Å². The number of carbonyl (C=O) groups excluding carboxylic acids is 2. The van der Waals surface area contributed by atoms with Crippen molar-refractivity contribution < 1.29 is 9.59 Å².